The van der Waals surface area contributed by atoms with Crippen molar-refractivity contribution >= 4 is 29.0 Å². The van der Waals surface area contributed by atoms with E-state index in [2.05, 4.69) is 0 Å². The lowest BCUT2D eigenvalue weighted by Crippen LogP contribution is -2.17. The molecule has 2 aliphatic carbocycles. The van der Waals surface area contributed by atoms with Crippen LogP contribution in [0, 0.1) is 5.92 Å². The molecule has 0 aromatic heterocycles. The molecule has 4 heteroatoms. The topological polar surface area (TPSA) is 26.3 Å². The van der Waals surface area contributed by atoms with Gasteiger partial charge in [0.1, 0.15) is 10.8 Å². The Hall–Kier alpha value is -0.730. The Morgan fingerprint density at radius 1 is 1.17 bits per heavy atom. The number of benzene rings is 1. The van der Waals surface area contributed by atoms with Crippen LogP contribution in [-0.2, 0) is 0 Å². The Morgan fingerprint density at radius 2 is 1.83 bits per heavy atom. The van der Waals surface area contributed by atoms with Crippen LogP contribution in [0.25, 0.3) is 0 Å². The Morgan fingerprint density at radius 3 is 2.50 bits per heavy atom. The van der Waals surface area contributed by atoms with Crippen molar-refractivity contribution < 1.29 is 9.53 Å². The fourth-order valence-electron chi connectivity index (χ4n) is 3.32. The van der Waals surface area contributed by atoms with E-state index in [4.69, 9.17) is 27.9 Å². The van der Waals surface area contributed by atoms with Crippen molar-refractivity contribution in [2.75, 3.05) is 7.11 Å². The average Bonchev–Trinajstić information content (AvgIpc) is 2.68. The molecule has 0 unspecified atom stereocenters. The molecule has 0 amide bonds. The van der Waals surface area contributed by atoms with Crippen LogP contribution in [0.5, 0.6) is 5.75 Å². The monoisotopic (exact) mass is 284 g/mol. The number of rotatable bonds is 1. The van der Waals surface area contributed by atoms with E-state index in [-0.39, 0.29) is 11.7 Å². The Kier molecular flexibility index (Phi) is 3.03. The predicted molar refractivity (Wildman–Crippen MR) is 72.0 cm³/mol. The summed E-state index contributed by atoms with van der Waals surface area (Å²) in [6.45, 7) is 0. The quantitative estimate of drug-likeness (QED) is 0.760. The molecule has 2 aliphatic rings. The van der Waals surface area contributed by atoms with Crippen molar-refractivity contribution in [3.8, 4) is 5.75 Å². The van der Waals surface area contributed by atoms with Gasteiger partial charge in [-0.25, -0.2) is 0 Å². The van der Waals surface area contributed by atoms with Crippen LogP contribution in [-0.4, -0.2) is 12.9 Å². The van der Waals surface area contributed by atoms with Gasteiger partial charge in [-0.2, -0.15) is 0 Å². The Labute approximate surface area is 116 Å². The molecule has 1 aromatic carbocycles. The van der Waals surface area contributed by atoms with Crippen molar-refractivity contribution in [3.05, 3.63) is 27.2 Å². The summed E-state index contributed by atoms with van der Waals surface area (Å²) in [5.74, 6) is 1.16. The standard InChI is InChI=1S/C14H14Cl2O2/c1-18-10-6-9-7-4-2-3-5-8(7)14(17)11(9)13(16)12(10)15/h6-8H,2-5H2,1H3/t7-,8-/m0/s1. The second-order valence-electron chi connectivity index (χ2n) is 5.03. The van der Waals surface area contributed by atoms with Gasteiger partial charge in [0.15, 0.2) is 5.78 Å². The van der Waals surface area contributed by atoms with Gasteiger partial charge in [-0.05, 0) is 30.4 Å². The maximum atomic E-state index is 12.4. The molecule has 0 N–H and O–H groups in total. The molecule has 2 atom stereocenters. The Bertz CT molecular complexity index is 525. The number of fused-ring (bicyclic) bond motifs is 3. The minimum atomic E-state index is 0.106. The SMILES string of the molecule is COc1cc2c(c(Cl)c1Cl)C(=O)[C@H]1CCCC[C@H]21. The van der Waals surface area contributed by atoms with Gasteiger partial charge < -0.3 is 4.74 Å². The highest BCUT2D eigenvalue weighted by Gasteiger charge is 2.43. The second kappa shape index (κ2) is 4.43. The number of ether oxygens (including phenoxy) is 1. The molecule has 1 aromatic rings. The summed E-state index contributed by atoms with van der Waals surface area (Å²) in [7, 11) is 1.57. The molecule has 0 radical (unpaired) electrons. The number of Topliss-reactive ketones (excluding diaryl/α,β-unsaturated/α-hetero) is 1. The van der Waals surface area contributed by atoms with Crippen LogP contribution in [0.15, 0.2) is 6.07 Å². The lowest BCUT2D eigenvalue weighted by atomic mass is 9.79. The number of halogens is 2. The second-order valence-corrected chi connectivity index (χ2v) is 5.79. The molecule has 1 fully saturated rings. The van der Waals surface area contributed by atoms with Crippen molar-refractivity contribution in [3.63, 3.8) is 0 Å². The van der Waals surface area contributed by atoms with E-state index in [1.165, 1.54) is 6.42 Å². The van der Waals surface area contributed by atoms with E-state index in [1.54, 1.807) is 7.11 Å². The van der Waals surface area contributed by atoms with E-state index in [1.807, 2.05) is 6.07 Å². The normalized spacial score (nSPS) is 25.8. The van der Waals surface area contributed by atoms with Crippen LogP contribution >= 0.6 is 23.2 Å². The summed E-state index contributed by atoms with van der Waals surface area (Å²) in [5.41, 5.74) is 1.68. The number of carbonyl (C=O) groups is 1. The molecule has 96 valence electrons. The zero-order chi connectivity index (χ0) is 12.9. The fourth-order valence-corrected chi connectivity index (χ4v) is 3.84. The molecular weight excluding hydrogens is 271 g/mol. The first kappa shape index (κ1) is 12.3. The highest BCUT2D eigenvalue weighted by Crippen LogP contribution is 2.51. The number of hydrogen-bond donors (Lipinski definition) is 0. The molecule has 0 spiro atoms. The third-order valence-corrected chi connectivity index (χ3v) is 5.02. The molecule has 0 saturated heterocycles. The van der Waals surface area contributed by atoms with E-state index in [0.29, 0.717) is 27.3 Å². The maximum Gasteiger partial charge on any atom is 0.168 e. The first-order valence-corrected chi connectivity index (χ1v) is 7.00. The van der Waals surface area contributed by atoms with Gasteiger partial charge in [0.05, 0.1) is 12.1 Å². The van der Waals surface area contributed by atoms with Crippen molar-refractivity contribution in [2.45, 2.75) is 31.6 Å². The van der Waals surface area contributed by atoms with Crippen molar-refractivity contribution in [1.82, 2.24) is 0 Å². The first-order valence-electron chi connectivity index (χ1n) is 6.25. The average molecular weight is 285 g/mol. The van der Waals surface area contributed by atoms with Gasteiger partial charge in [0.25, 0.3) is 0 Å². The summed E-state index contributed by atoms with van der Waals surface area (Å²) in [4.78, 5) is 12.4. The summed E-state index contributed by atoms with van der Waals surface area (Å²) >= 11 is 12.4. The smallest absolute Gasteiger partial charge is 0.168 e. The van der Waals surface area contributed by atoms with Gasteiger partial charge in [-0.3, -0.25) is 4.79 Å². The zero-order valence-electron chi connectivity index (χ0n) is 10.1. The number of methoxy groups -OCH3 is 1. The summed E-state index contributed by atoms with van der Waals surface area (Å²) in [6, 6.07) is 1.90. The van der Waals surface area contributed by atoms with Crippen LogP contribution in [0.4, 0.5) is 0 Å². The third kappa shape index (κ3) is 1.59. The fraction of sp³-hybridized carbons (Fsp3) is 0.500. The first-order chi connectivity index (χ1) is 8.65. The highest BCUT2D eigenvalue weighted by molar-refractivity contribution is 6.45. The van der Waals surface area contributed by atoms with Gasteiger partial charge in [-0.15, -0.1) is 0 Å². The molecule has 18 heavy (non-hydrogen) atoms. The zero-order valence-corrected chi connectivity index (χ0v) is 11.6. The van der Waals surface area contributed by atoms with E-state index < -0.39 is 0 Å². The molecule has 1 saturated carbocycles. The maximum absolute atomic E-state index is 12.4. The van der Waals surface area contributed by atoms with Crippen molar-refractivity contribution in [1.29, 1.82) is 0 Å². The van der Waals surface area contributed by atoms with E-state index >= 15 is 0 Å². The largest absolute Gasteiger partial charge is 0.495 e. The van der Waals surface area contributed by atoms with Crippen molar-refractivity contribution in [2.24, 2.45) is 5.92 Å². The molecule has 0 aliphatic heterocycles. The molecule has 3 rings (SSSR count). The van der Waals surface area contributed by atoms with E-state index in [9.17, 15) is 4.79 Å². The lowest BCUT2D eigenvalue weighted by Gasteiger charge is -2.24. The summed E-state index contributed by atoms with van der Waals surface area (Å²) < 4.78 is 5.24. The number of hydrogen-bond acceptors (Lipinski definition) is 2. The van der Waals surface area contributed by atoms with Gasteiger partial charge in [0.2, 0.25) is 0 Å². The number of ketones is 1. The molecule has 2 nitrogen and oxygen atoms in total. The Balaban J connectivity index is 2.19. The van der Waals surface area contributed by atoms with Gasteiger partial charge in [-0.1, -0.05) is 36.0 Å². The van der Waals surface area contributed by atoms with E-state index in [0.717, 1.165) is 24.8 Å². The molecular formula is C14H14Cl2O2. The third-order valence-electron chi connectivity index (χ3n) is 4.17. The van der Waals surface area contributed by atoms with Crippen LogP contribution in [0.3, 0.4) is 0 Å². The predicted octanol–water partition coefficient (Wildman–Crippen LogP) is 4.47. The van der Waals surface area contributed by atoms with Crippen LogP contribution < -0.4 is 4.74 Å². The summed E-state index contributed by atoms with van der Waals surface area (Å²) in [6.07, 6.45) is 4.33. The minimum absolute atomic E-state index is 0.106. The van der Waals surface area contributed by atoms with Crippen LogP contribution in [0.2, 0.25) is 10.0 Å². The van der Waals surface area contributed by atoms with Crippen LogP contribution in [0.1, 0.15) is 47.5 Å². The molecule has 0 heterocycles. The summed E-state index contributed by atoms with van der Waals surface area (Å²) in [5, 5.41) is 0.718. The minimum Gasteiger partial charge on any atom is -0.495 e. The highest BCUT2D eigenvalue weighted by atomic mass is 35.5. The lowest BCUT2D eigenvalue weighted by molar-refractivity contribution is 0.0898. The molecule has 0 bridgehead atoms. The number of carbonyl (C=O) groups excluding carboxylic acids is 1. The van der Waals surface area contributed by atoms with Gasteiger partial charge in [0, 0.05) is 11.5 Å². The van der Waals surface area contributed by atoms with Gasteiger partial charge >= 0.3 is 0 Å².